The highest BCUT2D eigenvalue weighted by Crippen LogP contribution is 2.18. The molecule has 0 heterocycles. The first kappa shape index (κ1) is 19.6. The molecule has 0 unspecified atom stereocenters. The average molecular weight is 438 g/mol. The first-order chi connectivity index (χ1) is 13.5. The van der Waals surface area contributed by atoms with E-state index in [1.807, 2.05) is 54.6 Å². The molecule has 0 saturated heterocycles. The zero-order valence-corrected chi connectivity index (χ0v) is 16.9. The third-order valence-electron chi connectivity index (χ3n) is 4.14. The van der Waals surface area contributed by atoms with Crippen molar-refractivity contribution in [3.05, 3.63) is 88.9 Å². The lowest BCUT2D eigenvalue weighted by molar-refractivity contribution is -0.114. The van der Waals surface area contributed by atoms with Crippen LogP contribution in [0.15, 0.2) is 83.3 Å². The molecular formula is C22H20BrN3O2. The van der Waals surface area contributed by atoms with Crippen molar-refractivity contribution in [3.8, 4) is 0 Å². The quantitative estimate of drug-likeness (QED) is 0.583. The topological polar surface area (TPSA) is 61.4 Å². The average Bonchev–Trinajstić information content (AvgIpc) is 2.73. The number of nitrogens with zero attached hydrogens (tertiary/aromatic N) is 1. The number of benzene rings is 3. The summed E-state index contributed by atoms with van der Waals surface area (Å²) in [4.78, 5) is 26.5. The van der Waals surface area contributed by atoms with Crippen LogP contribution in [0.25, 0.3) is 0 Å². The summed E-state index contributed by atoms with van der Waals surface area (Å²) in [5, 5.41) is 5.88. The van der Waals surface area contributed by atoms with Crippen LogP contribution in [0.3, 0.4) is 0 Å². The van der Waals surface area contributed by atoms with Gasteiger partial charge in [0.05, 0.1) is 6.54 Å². The predicted octanol–water partition coefficient (Wildman–Crippen LogP) is 4.78. The monoisotopic (exact) mass is 437 g/mol. The predicted molar refractivity (Wildman–Crippen MR) is 117 cm³/mol. The summed E-state index contributed by atoms with van der Waals surface area (Å²) in [5.41, 5.74) is 2.74. The van der Waals surface area contributed by atoms with Crippen molar-refractivity contribution in [2.45, 2.75) is 0 Å². The van der Waals surface area contributed by atoms with Gasteiger partial charge in [-0.3, -0.25) is 9.59 Å². The molecule has 6 heteroatoms. The van der Waals surface area contributed by atoms with Gasteiger partial charge < -0.3 is 15.5 Å². The van der Waals surface area contributed by atoms with Crippen molar-refractivity contribution in [3.63, 3.8) is 0 Å². The van der Waals surface area contributed by atoms with Crippen LogP contribution in [0, 0.1) is 0 Å². The van der Waals surface area contributed by atoms with E-state index in [0.717, 1.165) is 15.8 Å². The highest BCUT2D eigenvalue weighted by atomic mass is 79.9. The summed E-state index contributed by atoms with van der Waals surface area (Å²) >= 11 is 3.38. The Bertz CT molecular complexity index is 959. The number of carbonyl (C=O) groups excluding carboxylic acids is 2. The van der Waals surface area contributed by atoms with E-state index in [-0.39, 0.29) is 18.4 Å². The van der Waals surface area contributed by atoms with Gasteiger partial charge >= 0.3 is 0 Å². The van der Waals surface area contributed by atoms with Gasteiger partial charge in [-0.05, 0) is 54.6 Å². The van der Waals surface area contributed by atoms with Crippen LogP contribution < -0.4 is 15.5 Å². The Morgan fingerprint density at radius 2 is 1.61 bits per heavy atom. The van der Waals surface area contributed by atoms with Crippen molar-refractivity contribution < 1.29 is 9.59 Å². The number of hydrogen-bond donors (Lipinski definition) is 2. The third-order valence-corrected chi connectivity index (χ3v) is 4.67. The van der Waals surface area contributed by atoms with Gasteiger partial charge in [-0.2, -0.15) is 0 Å². The molecule has 0 aliphatic carbocycles. The number of halogens is 1. The molecule has 0 fully saturated rings. The summed E-state index contributed by atoms with van der Waals surface area (Å²) in [6.45, 7) is 0.129. The molecule has 0 saturated carbocycles. The molecule has 0 atom stereocenters. The van der Waals surface area contributed by atoms with E-state index >= 15 is 0 Å². The van der Waals surface area contributed by atoms with Crippen LogP contribution in [-0.2, 0) is 4.79 Å². The molecule has 3 aromatic rings. The maximum Gasteiger partial charge on any atom is 0.258 e. The Morgan fingerprint density at radius 3 is 2.32 bits per heavy atom. The highest BCUT2D eigenvalue weighted by Gasteiger charge is 2.14. The number of rotatable bonds is 6. The van der Waals surface area contributed by atoms with Crippen LogP contribution in [0.5, 0.6) is 0 Å². The number of para-hydroxylation sites is 1. The second-order valence-corrected chi connectivity index (χ2v) is 7.10. The van der Waals surface area contributed by atoms with E-state index in [9.17, 15) is 9.59 Å². The van der Waals surface area contributed by atoms with Crippen LogP contribution >= 0.6 is 15.9 Å². The molecule has 2 N–H and O–H groups in total. The second kappa shape index (κ2) is 9.19. The molecule has 142 valence electrons. The lowest BCUT2D eigenvalue weighted by atomic mass is 10.1. The molecule has 0 aliphatic rings. The number of nitrogens with one attached hydrogen (secondary N) is 2. The molecule has 3 rings (SSSR count). The Kier molecular flexibility index (Phi) is 6.45. The second-order valence-electron chi connectivity index (χ2n) is 6.19. The van der Waals surface area contributed by atoms with E-state index in [4.69, 9.17) is 0 Å². The lowest BCUT2D eigenvalue weighted by Crippen LogP contribution is -2.26. The van der Waals surface area contributed by atoms with Gasteiger partial charge in [-0.1, -0.05) is 40.2 Å². The fourth-order valence-corrected chi connectivity index (χ4v) is 2.91. The Balaban J connectivity index is 1.61. The maximum atomic E-state index is 12.7. The molecule has 28 heavy (non-hydrogen) atoms. The largest absolute Gasteiger partial charge is 0.376 e. The molecule has 3 aromatic carbocycles. The van der Waals surface area contributed by atoms with Crippen LogP contribution in [-0.4, -0.2) is 25.4 Å². The minimum Gasteiger partial charge on any atom is -0.376 e. The van der Waals surface area contributed by atoms with Gasteiger partial charge in [0.1, 0.15) is 0 Å². The van der Waals surface area contributed by atoms with Crippen molar-refractivity contribution >= 4 is 44.8 Å². The normalized spacial score (nSPS) is 10.2. The summed E-state index contributed by atoms with van der Waals surface area (Å²) < 4.78 is 0.976. The zero-order chi connectivity index (χ0) is 19.9. The van der Waals surface area contributed by atoms with Gasteiger partial charge in [0.25, 0.3) is 5.91 Å². The SMILES string of the molecule is CN(C(=O)c1cccc(NC(=O)CNc2ccc(Br)cc2)c1)c1ccccc1. The highest BCUT2D eigenvalue weighted by molar-refractivity contribution is 9.10. The van der Waals surface area contributed by atoms with Gasteiger partial charge in [0.2, 0.25) is 5.91 Å². The molecule has 0 spiro atoms. The summed E-state index contributed by atoms with van der Waals surface area (Å²) in [7, 11) is 1.73. The summed E-state index contributed by atoms with van der Waals surface area (Å²) in [5.74, 6) is -0.334. The summed E-state index contributed by atoms with van der Waals surface area (Å²) in [6.07, 6.45) is 0. The van der Waals surface area contributed by atoms with Crippen LogP contribution in [0.1, 0.15) is 10.4 Å². The molecule has 0 aliphatic heterocycles. The summed E-state index contributed by atoms with van der Waals surface area (Å²) in [6, 6.07) is 23.9. The van der Waals surface area contributed by atoms with Gasteiger partial charge in [-0.25, -0.2) is 0 Å². The molecule has 5 nitrogen and oxygen atoms in total. The molecule has 0 aromatic heterocycles. The minimum atomic E-state index is -0.191. The number of amides is 2. The Labute approximate surface area is 172 Å². The van der Waals surface area contributed by atoms with Gasteiger partial charge in [0.15, 0.2) is 0 Å². The van der Waals surface area contributed by atoms with Crippen LogP contribution in [0.2, 0.25) is 0 Å². The fraction of sp³-hybridized carbons (Fsp3) is 0.0909. The van der Waals surface area contributed by atoms with E-state index < -0.39 is 0 Å². The Hall–Kier alpha value is -3.12. The smallest absolute Gasteiger partial charge is 0.258 e. The fourth-order valence-electron chi connectivity index (χ4n) is 2.65. The standard InChI is InChI=1S/C22H20BrN3O2/c1-26(20-8-3-2-4-9-20)22(28)16-6-5-7-19(14-16)25-21(27)15-24-18-12-10-17(23)11-13-18/h2-14,24H,15H2,1H3,(H,25,27). The number of anilines is 3. The van der Waals surface area contributed by atoms with Gasteiger partial charge in [-0.15, -0.1) is 0 Å². The van der Waals surface area contributed by atoms with E-state index in [1.54, 1.807) is 36.2 Å². The first-order valence-corrected chi connectivity index (χ1v) is 9.55. The molecular weight excluding hydrogens is 418 g/mol. The lowest BCUT2D eigenvalue weighted by Gasteiger charge is -2.17. The third kappa shape index (κ3) is 5.20. The van der Waals surface area contributed by atoms with Crippen molar-refractivity contribution in [2.75, 3.05) is 29.1 Å². The van der Waals surface area contributed by atoms with Gasteiger partial charge in [0, 0.05) is 34.1 Å². The van der Waals surface area contributed by atoms with E-state index in [1.165, 1.54) is 0 Å². The van der Waals surface area contributed by atoms with Crippen molar-refractivity contribution in [1.82, 2.24) is 0 Å². The zero-order valence-electron chi connectivity index (χ0n) is 15.4. The first-order valence-electron chi connectivity index (χ1n) is 8.75. The Morgan fingerprint density at radius 1 is 0.893 bits per heavy atom. The molecule has 0 bridgehead atoms. The van der Waals surface area contributed by atoms with Crippen LogP contribution in [0.4, 0.5) is 17.1 Å². The van der Waals surface area contributed by atoms with Crippen molar-refractivity contribution in [2.24, 2.45) is 0 Å². The van der Waals surface area contributed by atoms with E-state index in [2.05, 4.69) is 26.6 Å². The maximum absolute atomic E-state index is 12.7. The van der Waals surface area contributed by atoms with E-state index in [0.29, 0.717) is 11.3 Å². The minimum absolute atomic E-state index is 0.129. The van der Waals surface area contributed by atoms with Crippen molar-refractivity contribution in [1.29, 1.82) is 0 Å². The molecule has 2 amide bonds. The number of carbonyl (C=O) groups is 2. The number of hydrogen-bond acceptors (Lipinski definition) is 3. The molecule has 0 radical (unpaired) electrons.